The van der Waals surface area contributed by atoms with Gasteiger partial charge >= 0.3 is 0 Å². The van der Waals surface area contributed by atoms with Crippen LogP contribution in [0.4, 0.5) is 5.82 Å². The van der Waals surface area contributed by atoms with E-state index in [4.69, 9.17) is 4.98 Å². The Morgan fingerprint density at radius 1 is 1.20 bits per heavy atom. The first-order chi connectivity index (χ1) is 11.9. The van der Waals surface area contributed by atoms with Gasteiger partial charge in [0.05, 0.1) is 0 Å². The standard InChI is InChI=1S/C19H30N4OS/c1-19(2,3)18-20-7-4-16(21-18)22-8-5-15(6-9-22)14-17(24)23-10-12-25-13-11-23/h4,7,15H,5-6,8-14H2,1-3H3. The second-order valence-electron chi connectivity index (χ2n) is 8.12. The summed E-state index contributed by atoms with van der Waals surface area (Å²) in [7, 11) is 0. The molecule has 2 fully saturated rings. The molecule has 0 atom stereocenters. The van der Waals surface area contributed by atoms with Crippen molar-refractivity contribution in [2.45, 2.75) is 45.4 Å². The lowest BCUT2D eigenvalue weighted by molar-refractivity contribution is -0.132. The van der Waals surface area contributed by atoms with E-state index >= 15 is 0 Å². The minimum Gasteiger partial charge on any atom is -0.356 e. The first-order valence-corrected chi connectivity index (χ1v) is 10.5. The minimum atomic E-state index is -0.0342. The molecule has 0 aromatic carbocycles. The Hall–Kier alpha value is -1.30. The number of hydrogen-bond donors (Lipinski definition) is 0. The summed E-state index contributed by atoms with van der Waals surface area (Å²) in [6.45, 7) is 10.2. The lowest BCUT2D eigenvalue weighted by Gasteiger charge is -2.34. The summed E-state index contributed by atoms with van der Waals surface area (Å²) in [6, 6.07) is 2.01. The maximum Gasteiger partial charge on any atom is 0.222 e. The lowest BCUT2D eigenvalue weighted by Crippen LogP contribution is -2.41. The van der Waals surface area contributed by atoms with E-state index in [0.29, 0.717) is 11.8 Å². The summed E-state index contributed by atoms with van der Waals surface area (Å²) in [5.74, 6) is 4.98. The normalized spacial score (nSPS) is 20.0. The molecular weight excluding hydrogens is 332 g/mol. The fraction of sp³-hybridized carbons (Fsp3) is 0.737. The third-order valence-corrected chi connectivity index (χ3v) is 6.02. The lowest BCUT2D eigenvalue weighted by atomic mass is 9.92. The smallest absolute Gasteiger partial charge is 0.222 e. The molecule has 1 aromatic rings. The maximum atomic E-state index is 12.5. The summed E-state index contributed by atoms with van der Waals surface area (Å²) in [4.78, 5) is 26.0. The third-order valence-electron chi connectivity index (χ3n) is 5.08. The molecule has 1 aromatic heterocycles. The van der Waals surface area contributed by atoms with E-state index in [1.165, 1.54) is 0 Å². The van der Waals surface area contributed by atoms with E-state index in [9.17, 15) is 4.79 Å². The number of anilines is 1. The monoisotopic (exact) mass is 362 g/mol. The van der Waals surface area contributed by atoms with Crippen molar-refractivity contribution in [3.8, 4) is 0 Å². The summed E-state index contributed by atoms with van der Waals surface area (Å²) in [5.41, 5.74) is -0.0342. The van der Waals surface area contributed by atoms with Gasteiger partial charge in [0.2, 0.25) is 5.91 Å². The quantitative estimate of drug-likeness (QED) is 0.827. The molecular formula is C19H30N4OS. The van der Waals surface area contributed by atoms with Crippen molar-refractivity contribution in [3.05, 3.63) is 18.1 Å². The van der Waals surface area contributed by atoms with Crippen molar-refractivity contribution >= 4 is 23.5 Å². The molecule has 0 N–H and O–H groups in total. The van der Waals surface area contributed by atoms with Crippen LogP contribution in [0.5, 0.6) is 0 Å². The van der Waals surface area contributed by atoms with Gasteiger partial charge in [-0.1, -0.05) is 20.8 Å². The van der Waals surface area contributed by atoms with Gasteiger partial charge in [0.15, 0.2) is 0 Å². The SMILES string of the molecule is CC(C)(C)c1nccc(N2CCC(CC(=O)N3CCSCC3)CC2)n1. The van der Waals surface area contributed by atoms with E-state index < -0.39 is 0 Å². The molecule has 2 saturated heterocycles. The molecule has 0 saturated carbocycles. The van der Waals surface area contributed by atoms with Crippen molar-refractivity contribution < 1.29 is 4.79 Å². The number of nitrogens with zero attached hydrogens (tertiary/aromatic N) is 4. The minimum absolute atomic E-state index is 0.0342. The van der Waals surface area contributed by atoms with Crippen LogP contribution < -0.4 is 4.90 Å². The molecule has 2 aliphatic rings. The predicted molar refractivity (Wildman–Crippen MR) is 104 cm³/mol. The van der Waals surface area contributed by atoms with Crippen molar-refractivity contribution in [2.24, 2.45) is 5.92 Å². The molecule has 3 rings (SSSR count). The van der Waals surface area contributed by atoms with Gasteiger partial charge in [-0.2, -0.15) is 11.8 Å². The van der Waals surface area contributed by atoms with E-state index in [2.05, 4.69) is 35.6 Å². The van der Waals surface area contributed by atoms with Gasteiger partial charge in [-0.05, 0) is 24.8 Å². The Labute approximate surface area is 155 Å². The highest BCUT2D eigenvalue weighted by Crippen LogP contribution is 2.26. The van der Waals surface area contributed by atoms with Gasteiger partial charge in [-0.3, -0.25) is 4.79 Å². The van der Waals surface area contributed by atoms with Crippen LogP contribution in [0.1, 0.15) is 45.9 Å². The third kappa shape index (κ3) is 4.87. The molecule has 5 nitrogen and oxygen atoms in total. The molecule has 0 spiro atoms. The van der Waals surface area contributed by atoms with E-state index in [1.807, 2.05) is 24.0 Å². The summed E-state index contributed by atoms with van der Waals surface area (Å²) in [6.07, 6.45) is 4.73. The Bertz CT molecular complexity index is 587. The molecule has 2 aliphatic heterocycles. The second kappa shape index (κ2) is 7.94. The number of carbonyl (C=O) groups excluding carboxylic acids is 1. The summed E-state index contributed by atoms with van der Waals surface area (Å²) < 4.78 is 0. The molecule has 138 valence electrons. The maximum absolute atomic E-state index is 12.5. The molecule has 1 amide bonds. The number of carbonyl (C=O) groups is 1. The number of piperidine rings is 1. The van der Waals surface area contributed by atoms with E-state index in [0.717, 1.165) is 68.6 Å². The summed E-state index contributed by atoms with van der Waals surface area (Å²) in [5, 5.41) is 0. The van der Waals surface area contributed by atoms with Crippen molar-refractivity contribution in [1.82, 2.24) is 14.9 Å². The average molecular weight is 363 g/mol. The molecule has 6 heteroatoms. The number of aromatic nitrogens is 2. The van der Waals surface area contributed by atoms with Crippen molar-refractivity contribution in [1.29, 1.82) is 0 Å². The van der Waals surface area contributed by atoms with Gasteiger partial charge in [-0.15, -0.1) is 0 Å². The van der Waals surface area contributed by atoms with Crippen LogP contribution in [-0.2, 0) is 10.2 Å². The zero-order valence-corrected chi connectivity index (χ0v) is 16.5. The fourth-order valence-electron chi connectivity index (χ4n) is 3.44. The zero-order chi connectivity index (χ0) is 17.9. The Morgan fingerprint density at radius 2 is 1.88 bits per heavy atom. The number of thioether (sulfide) groups is 1. The second-order valence-corrected chi connectivity index (χ2v) is 9.34. The van der Waals surface area contributed by atoms with Crippen LogP contribution in [0, 0.1) is 5.92 Å². The van der Waals surface area contributed by atoms with E-state index in [1.54, 1.807) is 0 Å². The van der Waals surface area contributed by atoms with E-state index in [-0.39, 0.29) is 5.41 Å². The molecule has 0 radical (unpaired) electrons. The number of rotatable bonds is 3. The highest BCUT2D eigenvalue weighted by Gasteiger charge is 2.26. The molecule has 25 heavy (non-hydrogen) atoms. The topological polar surface area (TPSA) is 49.3 Å². The van der Waals surface area contributed by atoms with Crippen LogP contribution in [-0.4, -0.2) is 58.5 Å². The van der Waals surface area contributed by atoms with Gasteiger partial charge in [0, 0.05) is 55.7 Å². The zero-order valence-electron chi connectivity index (χ0n) is 15.7. The van der Waals surface area contributed by atoms with Gasteiger partial charge in [0.1, 0.15) is 11.6 Å². The number of hydrogen-bond acceptors (Lipinski definition) is 5. The molecule has 0 aliphatic carbocycles. The fourth-order valence-corrected chi connectivity index (χ4v) is 4.34. The van der Waals surface area contributed by atoms with Gasteiger partial charge in [-0.25, -0.2) is 9.97 Å². The Morgan fingerprint density at radius 3 is 2.52 bits per heavy atom. The summed E-state index contributed by atoms with van der Waals surface area (Å²) >= 11 is 1.95. The first kappa shape index (κ1) is 18.5. The number of amides is 1. The van der Waals surface area contributed by atoms with Gasteiger partial charge < -0.3 is 9.80 Å². The highest BCUT2D eigenvalue weighted by molar-refractivity contribution is 7.99. The van der Waals surface area contributed by atoms with Crippen molar-refractivity contribution in [3.63, 3.8) is 0 Å². The van der Waals surface area contributed by atoms with Gasteiger partial charge in [0.25, 0.3) is 0 Å². The molecule has 0 unspecified atom stereocenters. The van der Waals surface area contributed by atoms with Crippen LogP contribution in [0.3, 0.4) is 0 Å². The predicted octanol–water partition coefficient (Wildman–Crippen LogP) is 2.96. The first-order valence-electron chi connectivity index (χ1n) is 9.37. The van der Waals surface area contributed by atoms with Crippen LogP contribution in [0.15, 0.2) is 12.3 Å². The molecule has 3 heterocycles. The van der Waals surface area contributed by atoms with Crippen LogP contribution in [0.2, 0.25) is 0 Å². The molecule has 0 bridgehead atoms. The van der Waals surface area contributed by atoms with Crippen LogP contribution >= 0.6 is 11.8 Å². The average Bonchev–Trinajstić information content (AvgIpc) is 2.62. The largest absolute Gasteiger partial charge is 0.356 e. The van der Waals surface area contributed by atoms with Crippen LogP contribution in [0.25, 0.3) is 0 Å². The highest BCUT2D eigenvalue weighted by atomic mass is 32.2. The van der Waals surface area contributed by atoms with Crippen molar-refractivity contribution in [2.75, 3.05) is 42.6 Å². The Balaban J connectivity index is 1.52. The Kier molecular flexibility index (Phi) is 5.87.